The number of ether oxygens (including phenoxy) is 3. The zero-order valence-corrected chi connectivity index (χ0v) is 50.6. The van der Waals surface area contributed by atoms with Gasteiger partial charge < -0.3 is 14.2 Å². The third-order valence-corrected chi connectivity index (χ3v) is 15.1. The SMILES string of the molecule is CCCCCCC/C=C\C/C=C\CCCCCCCCCCCCCCCCCCCC(=O)OCC(COC(=O)CCCCCCCCCCCC)OC(=O)CCCCCCCCC/C=C\CCCCCCCCC. The summed E-state index contributed by atoms with van der Waals surface area (Å²) >= 11 is 0. The summed E-state index contributed by atoms with van der Waals surface area (Å²) in [5, 5.41) is 0. The maximum atomic E-state index is 12.9. The second-order valence-corrected chi connectivity index (χ2v) is 22.7. The lowest BCUT2D eigenvalue weighted by molar-refractivity contribution is -0.167. The molecule has 0 aromatic heterocycles. The normalized spacial score (nSPS) is 12.2. The Morgan fingerprint density at radius 1 is 0.267 bits per heavy atom. The van der Waals surface area contributed by atoms with Crippen LogP contribution in [-0.4, -0.2) is 37.2 Å². The summed E-state index contributed by atoms with van der Waals surface area (Å²) in [5.41, 5.74) is 0. The molecule has 0 N–H and O–H groups in total. The van der Waals surface area contributed by atoms with Gasteiger partial charge in [-0.15, -0.1) is 0 Å². The number of carbonyl (C=O) groups is 3. The van der Waals surface area contributed by atoms with E-state index in [1.807, 2.05) is 0 Å². The van der Waals surface area contributed by atoms with E-state index in [2.05, 4.69) is 57.2 Å². The second kappa shape index (κ2) is 64.2. The molecule has 0 saturated heterocycles. The molecule has 0 fully saturated rings. The average Bonchev–Trinajstić information content (AvgIpc) is 3.41. The van der Waals surface area contributed by atoms with E-state index in [1.54, 1.807) is 0 Å². The Kier molecular flexibility index (Phi) is 62.1. The van der Waals surface area contributed by atoms with E-state index in [-0.39, 0.29) is 31.1 Å². The van der Waals surface area contributed by atoms with Crippen LogP contribution in [0.3, 0.4) is 0 Å². The van der Waals surface area contributed by atoms with Crippen molar-refractivity contribution >= 4 is 17.9 Å². The zero-order chi connectivity index (χ0) is 54.3. The predicted octanol–water partition coefficient (Wildman–Crippen LogP) is 22.8. The molecule has 75 heavy (non-hydrogen) atoms. The van der Waals surface area contributed by atoms with Crippen molar-refractivity contribution in [3.8, 4) is 0 Å². The van der Waals surface area contributed by atoms with Crippen LogP contribution in [0.2, 0.25) is 0 Å². The summed E-state index contributed by atoms with van der Waals surface area (Å²) in [5.74, 6) is -0.851. The number of esters is 3. The Morgan fingerprint density at radius 3 is 0.747 bits per heavy atom. The van der Waals surface area contributed by atoms with Crippen molar-refractivity contribution in [2.45, 2.75) is 374 Å². The molecule has 0 aliphatic carbocycles. The van der Waals surface area contributed by atoms with E-state index < -0.39 is 6.10 Å². The Morgan fingerprint density at radius 2 is 0.480 bits per heavy atom. The van der Waals surface area contributed by atoms with Crippen LogP contribution in [0.25, 0.3) is 0 Å². The number of hydrogen-bond acceptors (Lipinski definition) is 6. The van der Waals surface area contributed by atoms with Gasteiger partial charge in [0.1, 0.15) is 13.2 Å². The molecule has 0 aromatic rings. The van der Waals surface area contributed by atoms with Crippen molar-refractivity contribution in [2.24, 2.45) is 0 Å². The summed E-state index contributed by atoms with van der Waals surface area (Å²) in [4.78, 5) is 38.2. The number of carbonyl (C=O) groups excluding carboxylic acids is 3. The molecule has 0 spiro atoms. The minimum Gasteiger partial charge on any atom is -0.462 e. The maximum Gasteiger partial charge on any atom is 0.306 e. The van der Waals surface area contributed by atoms with Crippen molar-refractivity contribution in [3.63, 3.8) is 0 Å². The van der Waals surface area contributed by atoms with Crippen LogP contribution in [-0.2, 0) is 28.6 Å². The van der Waals surface area contributed by atoms with E-state index in [1.165, 1.54) is 263 Å². The fourth-order valence-electron chi connectivity index (χ4n) is 10.1. The van der Waals surface area contributed by atoms with Gasteiger partial charge in [0, 0.05) is 19.3 Å². The van der Waals surface area contributed by atoms with Gasteiger partial charge in [-0.2, -0.15) is 0 Å². The summed E-state index contributed by atoms with van der Waals surface area (Å²) < 4.78 is 16.9. The first-order valence-electron chi connectivity index (χ1n) is 33.5. The monoisotopic (exact) mass is 1050 g/mol. The molecule has 6 heteroatoms. The Balaban J connectivity index is 4.13. The molecule has 6 nitrogen and oxygen atoms in total. The molecular formula is C69H128O6. The van der Waals surface area contributed by atoms with Crippen molar-refractivity contribution in [1.82, 2.24) is 0 Å². The molecule has 0 bridgehead atoms. The molecule has 0 radical (unpaired) electrons. The first-order chi connectivity index (χ1) is 37.0. The van der Waals surface area contributed by atoms with Crippen LogP contribution in [0.15, 0.2) is 36.5 Å². The van der Waals surface area contributed by atoms with Crippen LogP contribution < -0.4 is 0 Å². The molecule has 0 rings (SSSR count). The molecule has 0 aromatic carbocycles. The minimum atomic E-state index is -0.770. The highest BCUT2D eigenvalue weighted by molar-refractivity contribution is 5.71. The van der Waals surface area contributed by atoms with Crippen LogP contribution in [0, 0.1) is 0 Å². The highest BCUT2D eigenvalue weighted by Gasteiger charge is 2.19. The van der Waals surface area contributed by atoms with Gasteiger partial charge >= 0.3 is 17.9 Å². The molecule has 0 aliphatic rings. The van der Waals surface area contributed by atoms with Gasteiger partial charge in [-0.25, -0.2) is 0 Å². The Hall–Kier alpha value is -2.37. The molecule has 1 unspecified atom stereocenters. The van der Waals surface area contributed by atoms with Crippen LogP contribution >= 0.6 is 0 Å². The molecular weight excluding hydrogens is 925 g/mol. The van der Waals surface area contributed by atoms with Gasteiger partial charge in [-0.3, -0.25) is 14.4 Å². The number of hydrogen-bond donors (Lipinski definition) is 0. The fraction of sp³-hybridized carbons (Fsp3) is 0.870. The van der Waals surface area contributed by atoms with Gasteiger partial charge in [0.05, 0.1) is 0 Å². The molecule has 0 saturated carbocycles. The highest BCUT2D eigenvalue weighted by Crippen LogP contribution is 2.18. The Labute approximate surface area is 467 Å². The number of allylic oxidation sites excluding steroid dienone is 6. The van der Waals surface area contributed by atoms with E-state index in [9.17, 15) is 14.4 Å². The lowest BCUT2D eigenvalue weighted by Crippen LogP contribution is -2.30. The van der Waals surface area contributed by atoms with Crippen LogP contribution in [0.5, 0.6) is 0 Å². The van der Waals surface area contributed by atoms with Gasteiger partial charge in [0.15, 0.2) is 6.10 Å². The Bertz CT molecular complexity index is 1250. The van der Waals surface area contributed by atoms with Crippen molar-refractivity contribution in [1.29, 1.82) is 0 Å². The lowest BCUT2D eigenvalue weighted by Gasteiger charge is -2.18. The van der Waals surface area contributed by atoms with Gasteiger partial charge in [0.25, 0.3) is 0 Å². The summed E-state index contributed by atoms with van der Waals surface area (Å²) in [7, 11) is 0. The van der Waals surface area contributed by atoms with Gasteiger partial charge in [0.2, 0.25) is 0 Å². The van der Waals surface area contributed by atoms with E-state index in [4.69, 9.17) is 14.2 Å². The van der Waals surface area contributed by atoms with Gasteiger partial charge in [-0.1, -0.05) is 308 Å². The smallest absolute Gasteiger partial charge is 0.306 e. The summed E-state index contributed by atoms with van der Waals surface area (Å²) in [6.45, 7) is 6.67. The highest BCUT2D eigenvalue weighted by atomic mass is 16.6. The summed E-state index contributed by atoms with van der Waals surface area (Å²) in [6, 6.07) is 0. The van der Waals surface area contributed by atoms with Crippen molar-refractivity contribution in [3.05, 3.63) is 36.5 Å². The minimum absolute atomic E-state index is 0.0687. The predicted molar refractivity (Wildman–Crippen MR) is 326 cm³/mol. The van der Waals surface area contributed by atoms with E-state index in [0.29, 0.717) is 19.3 Å². The first-order valence-corrected chi connectivity index (χ1v) is 33.5. The van der Waals surface area contributed by atoms with E-state index >= 15 is 0 Å². The van der Waals surface area contributed by atoms with Crippen molar-refractivity contribution < 1.29 is 28.6 Å². The van der Waals surface area contributed by atoms with Gasteiger partial charge in [-0.05, 0) is 77.0 Å². The third-order valence-electron chi connectivity index (χ3n) is 15.1. The van der Waals surface area contributed by atoms with E-state index in [0.717, 1.165) is 64.2 Å². The van der Waals surface area contributed by atoms with Crippen LogP contribution in [0.1, 0.15) is 367 Å². The number of rotatable bonds is 62. The fourth-order valence-corrected chi connectivity index (χ4v) is 10.1. The van der Waals surface area contributed by atoms with Crippen molar-refractivity contribution in [2.75, 3.05) is 13.2 Å². The summed E-state index contributed by atoms with van der Waals surface area (Å²) in [6.07, 6.45) is 78.9. The lowest BCUT2D eigenvalue weighted by atomic mass is 10.0. The molecule has 0 aliphatic heterocycles. The maximum absolute atomic E-state index is 12.9. The second-order valence-electron chi connectivity index (χ2n) is 22.7. The topological polar surface area (TPSA) is 78.9 Å². The standard InChI is InChI=1S/C69H128O6/c1-4-7-10-13-16-19-22-24-26-28-30-31-32-33-34-35-36-37-38-39-40-42-43-45-47-50-53-56-59-62-68(71)74-65-66(64-73-67(70)61-58-55-52-49-21-18-15-12-9-6-3)75-69(72)63-60-57-54-51-48-46-44-41-29-27-25-23-20-17-14-11-8-5-2/h22,24,27-30,66H,4-21,23,25-26,31-65H2,1-3H3/b24-22-,29-27-,30-28-. The largest absolute Gasteiger partial charge is 0.462 e. The molecule has 440 valence electrons. The number of unbranched alkanes of at least 4 members (excludes halogenated alkanes) is 45. The third kappa shape index (κ3) is 62.4. The molecule has 0 amide bonds. The molecule has 0 heterocycles. The first kappa shape index (κ1) is 72.6. The molecule has 1 atom stereocenters. The average molecular weight is 1050 g/mol. The van der Waals surface area contributed by atoms with Crippen LogP contribution in [0.4, 0.5) is 0 Å². The quantitative estimate of drug-likeness (QED) is 0.0261. The zero-order valence-electron chi connectivity index (χ0n) is 50.6.